The molecule has 0 unspecified atom stereocenters. The molecule has 0 aliphatic heterocycles. The maximum atomic E-state index is 3.57. The van der Waals surface area contributed by atoms with E-state index in [2.05, 4.69) is 69.1 Å². The zero-order valence-electron chi connectivity index (χ0n) is 12.1. The van der Waals surface area contributed by atoms with Crippen molar-refractivity contribution < 1.29 is 0 Å². The SMILES string of the molecule is CC(C)c1ccc2c(c1)[nH]c1cc(C(C)C)ccc12. The molecule has 0 bridgehead atoms. The fourth-order valence-electron chi connectivity index (χ4n) is 2.66. The Morgan fingerprint density at radius 3 is 1.47 bits per heavy atom. The first-order valence-corrected chi connectivity index (χ1v) is 7.11. The van der Waals surface area contributed by atoms with Crippen molar-refractivity contribution in [3.8, 4) is 0 Å². The molecule has 1 nitrogen and oxygen atoms in total. The van der Waals surface area contributed by atoms with Gasteiger partial charge in [0.1, 0.15) is 0 Å². The highest BCUT2D eigenvalue weighted by atomic mass is 14.7. The highest BCUT2D eigenvalue weighted by Crippen LogP contribution is 2.30. The van der Waals surface area contributed by atoms with Gasteiger partial charge in [-0.15, -0.1) is 0 Å². The Morgan fingerprint density at radius 2 is 1.11 bits per heavy atom. The third-order valence-electron chi connectivity index (χ3n) is 3.98. The van der Waals surface area contributed by atoms with Crippen LogP contribution in [0, 0.1) is 0 Å². The molecule has 3 rings (SSSR count). The van der Waals surface area contributed by atoms with E-state index >= 15 is 0 Å². The van der Waals surface area contributed by atoms with Crippen LogP contribution < -0.4 is 0 Å². The predicted molar refractivity (Wildman–Crippen MR) is 84.0 cm³/mol. The fourth-order valence-corrected chi connectivity index (χ4v) is 2.66. The molecule has 0 spiro atoms. The molecule has 0 radical (unpaired) electrons. The van der Waals surface area contributed by atoms with Crippen molar-refractivity contribution in [2.75, 3.05) is 0 Å². The Bertz CT molecular complexity index is 670. The second-order valence-electron chi connectivity index (χ2n) is 6.04. The minimum atomic E-state index is 0.571. The van der Waals surface area contributed by atoms with Gasteiger partial charge in [-0.05, 0) is 35.1 Å². The summed E-state index contributed by atoms with van der Waals surface area (Å²) in [6.07, 6.45) is 0. The molecule has 0 saturated heterocycles. The Kier molecular flexibility index (Phi) is 2.85. The van der Waals surface area contributed by atoms with Gasteiger partial charge in [0.15, 0.2) is 0 Å². The average Bonchev–Trinajstić information content (AvgIpc) is 2.74. The van der Waals surface area contributed by atoms with Crippen molar-refractivity contribution in [2.24, 2.45) is 0 Å². The molecular weight excluding hydrogens is 230 g/mol. The zero-order chi connectivity index (χ0) is 13.6. The summed E-state index contributed by atoms with van der Waals surface area (Å²) in [7, 11) is 0. The molecule has 1 aromatic heterocycles. The van der Waals surface area contributed by atoms with Crippen molar-refractivity contribution >= 4 is 21.8 Å². The molecule has 0 aliphatic carbocycles. The molecule has 2 aromatic carbocycles. The van der Waals surface area contributed by atoms with Gasteiger partial charge in [-0.3, -0.25) is 0 Å². The molecule has 98 valence electrons. The monoisotopic (exact) mass is 251 g/mol. The van der Waals surface area contributed by atoms with Crippen LogP contribution in [0.4, 0.5) is 0 Å². The zero-order valence-corrected chi connectivity index (χ0v) is 12.1. The third-order valence-corrected chi connectivity index (χ3v) is 3.98. The minimum absolute atomic E-state index is 0.571. The Labute approximate surface area is 114 Å². The number of hydrogen-bond acceptors (Lipinski definition) is 0. The smallest absolute Gasteiger partial charge is 0.0467 e. The number of hydrogen-bond donors (Lipinski definition) is 1. The third kappa shape index (κ3) is 2.03. The summed E-state index contributed by atoms with van der Waals surface area (Å²) in [6.45, 7) is 8.95. The number of aromatic amines is 1. The van der Waals surface area contributed by atoms with Crippen LogP contribution in [-0.4, -0.2) is 4.98 Å². The van der Waals surface area contributed by atoms with Crippen molar-refractivity contribution in [2.45, 2.75) is 39.5 Å². The molecule has 1 heterocycles. The van der Waals surface area contributed by atoms with Crippen LogP contribution in [-0.2, 0) is 0 Å². The molecular formula is C18H21N. The quantitative estimate of drug-likeness (QED) is 0.613. The standard InChI is InChI=1S/C18H21N/c1-11(2)13-5-7-15-16-8-6-14(12(3)4)10-18(16)19-17(15)9-13/h5-12,19H,1-4H3. The first-order chi connectivity index (χ1) is 9.06. The van der Waals surface area contributed by atoms with Crippen LogP contribution in [0.5, 0.6) is 0 Å². The summed E-state index contributed by atoms with van der Waals surface area (Å²) in [4.78, 5) is 3.57. The molecule has 0 aliphatic rings. The molecule has 0 atom stereocenters. The summed E-state index contributed by atoms with van der Waals surface area (Å²) in [5, 5.41) is 2.66. The lowest BCUT2D eigenvalue weighted by Gasteiger charge is -2.04. The van der Waals surface area contributed by atoms with Crippen LogP contribution in [0.25, 0.3) is 21.8 Å². The van der Waals surface area contributed by atoms with Crippen molar-refractivity contribution in [1.29, 1.82) is 0 Å². The molecule has 1 heteroatoms. The average molecular weight is 251 g/mol. The topological polar surface area (TPSA) is 15.8 Å². The summed E-state index contributed by atoms with van der Waals surface area (Å²) < 4.78 is 0. The Hall–Kier alpha value is -1.76. The van der Waals surface area contributed by atoms with Crippen molar-refractivity contribution in [1.82, 2.24) is 4.98 Å². The summed E-state index contributed by atoms with van der Waals surface area (Å²) in [6, 6.07) is 13.6. The summed E-state index contributed by atoms with van der Waals surface area (Å²) in [5.74, 6) is 1.14. The largest absolute Gasteiger partial charge is 0.354 e. The number of rotatable bonds is 2. The number of H-pyrrole nitrogens is 1. The number of aromatic nitrogens is 1. The lowest BCUT2D eigenvalue weighted by molar-refractivity contribution is 0.868. The van der Waals surface area contributed by atoms with E-state index in [9.17, 15) is 0 Å². The second-order valence-corrected chi connectivity index (χ2v) is 6.04. The van der Waals surface area contributed by atoms with Crippen molar-refractivity contribution in [3.05, 3.63) is 47.5 Å². The number of nitrogens with one attached hydrogen (secondary N) is 1. The number of benzene rings is 2. The first kappa shape index (κ1) is 12.3. The minimum Gasteiger partial charge on any atom is -0.354 e. The van der Waals surface area contributed by atoms with E-state index in [1.807, 2.05) is 0 Å². The highest BCUT2D eigenvalue weighted by Gasteiger charge is 2.08. The maximum Gasteiger partial charge on any atom is 0.0467 e. The fraction of sp³-hybridized carbons (Fsp3) is 0.333. The van der Waals surface area contributed by atoms with Gasteiger partial charge in [-0.25, -0.2) is 0 Å². The van der Waals surface area contributed by atoms with Gasteiger partial charge < -0.3 is 4.98 Å². The van der Waals surface area contributed by atoms with Crippen LogP contribution >= 0.6 is 0 Å². The van der Waals surface area contributed by atoms with E-state index in [0.29, 0.717) is 11.8 Å². The van der Waals surface area contributed by atoms with E-state index < -0.39 is 0 Å². The molecule has 3 aromatic rings. The van der Waals surface area contributed by atoms with Gasteiger partial charge in [0, 0.05) is 21.8 Å². The van der Waals surface area contributed by atoms with Gasteiger partial charge in [0.25, 0.3) is 0 Å². The van der Waals surface area contributed by atoms with Crippen LogP contribution in [0.15, 0.2) is 36.4 Å². The summed E-state index contributed by atoms with van der Waals surface area (Å²) in [5.41, 5.74) is 5.29. The van der Waals surface area contributed by atoms with Crippen LogP contribution in [0.2, 0.25) is 0 Å². The van der Waals surface area contributed by atoms with Gasteiger partial charge in [-0.1, -0.05) is 52.0 Å². The molecule has 0 amide bonds. The van der Waals surface area contributed by atoms with Crippen LogP contribution in [0.3, 0.4) is 0 Å². The van der Waals surface area contributed by atoms with E-state index in [-0.39, 0.29) is 0 Å². The van der Waals surface area contributed by atoms with E-state index in [0.717, 1.165) is 0 Å². The van der Waals surface area contributed by atoms with Gasteiger partial charge >= 0.3 is 0 Å². The highest BCUT2D eigenvalue weighted by molar-refractivity contribution is 6.07. The van der Waals surface area contributed by atoms with Crippen LogP contribution in [0.1, 0.15) is 50.7 Å². The molecule has 0 saturated carbocycles. The van der Waals surface area contributed by atoms with E-state index in [1.165, 1.54) is 32.9 Å². The maximum absolute atomic E-state index is 3.57. The summed E-state index contributed by atoms with van der Waals surface area (Å²) >= 11 is 0. The Balaban J connectivity index is 2.25. The lowest BCUT2D eigenvalue weighted by atomic mass is 10.00. The van der Waals surface area contributed by atoms with Gasteiger partial charge in [-0.2, -0.15) is 0 Å². The molecule has 1 N–H and O–H groups in total. The van der Waals surface area contributed by atoms with Gasteiger partial charge in [0.05, 0.1) is 0 Å². The Morgan fingerprint density at radius 1 is 0.684 bits per heavy atom. The van der Waals surface area contributed by atoms with Crippen molar-refractivity contribution in [3.63, 3.8) is 0 Å². The molecule has 0 fully saturated rings. The first-order valence-electron chi connectivity index (χ1n) is 7.11. The molecule has 19 heavy (non-hydrogen) atoms. The second kappa shape index (κ2) is 4.41. The number of fused-ring (bicyclic) bond motifs is 3. The normalized spacial score (nSPS) is 12.1. The predicted octanol–water partition coefficient (Wildman–Crippen LogP) is 5.57. The van der Waals surface area contributed by atoms with E-state index in [1.54, 1.807) is 0 Å². The van der Waals surface area contributed by atoms with Gasteiger partial charge in [0.2, 0.25) is 0 Å². The lowest BCUT2D eigenvalue weighted by Crippen LogP contribution is -1.85. The van der Waals surface area contributed by atoms with E-state index in [4.69, 9.17) is 0 Å².